The lowest BCUT2D eigenvalue weighted by atomic mass is 10.1. The predicted octanol–water partition coefficient (Wildman–Crippen LogP) is 2.50. The standard InChI is InChI=1S/C14H17ClN2O3.ClH/c15-11-1-3-12(4-2-11)16-13(18)6-8-17-7-5-10(9-17)14(19)20;/h1-4,10H,5-9H2,(H,16,18)(H,19,20);1H. The number of carbonyl (C=O) groups is 2. The fourth-order valence-electron chi connectivity index (χ4n) is 2.25. The van der Waals surface area contributed by atoms with Crippen LogP contribution in [-0.2, 0) is 9.59 Å². The quantitative estimate of drug-likeness (QED) is 0.869. The van der Waals surface area contributed by atoms with Gasteiger partial charge in [-0.3, -0.25) is 9.59 Å². The predicted molar refractivity (Wildman–Crippen MR) is 84.1 cm³/mol. The molecule has 2 rings (SSSR count). The van der Waals surface area contributed by atoms with Gasteiger partial charge in [0.25, 0.3) is 0 Å². The maximum Gasteiger partial charge on any atom is 0.307 e. The Labute approximate surface area is 134 Å². The van der Waals surface area contributed by atoms with Crippen molar-refractivity contribution in [3.8, 4) is 0 Å². The second-order valence-electron chi connectivity index (χ2n) is 4.93. The zero-order chi connectivity index (χ0) is 14.5. The first kappa shape index (κ1) is 17.8. The highest BCUT2D eigenvalue weighted by molar-refractivity contribution is 6.30. The zero-order valence-electron chi connectivity index (χ0n) is 11.4. The lowest BCUT2D eigenvalue weighted by molar-refractivity contribution is -0.141. The molecule has 1 heterocycles. The first-order chi connectivity index (χ1) is 9.54. The van der Waals surface area contributed by atoms with Crippen LogP contribution in [0, 0.1) is 5.92 Å². The number of halogens is 2. The minimum Gasteiger partial charge on any atom is -0.481 e. The van der Waals surface area contributed by atoms with Crippen molar-refractivity contribution in [2.24, 2.45) is 5.92 Å². The molecule has 1 aromatic carbocycles. The molecule has 0 spiro atoms. The van der Waals surface area contributed by atoms with E-state index in [4.69, 9.17) is 16.7 Å². The third kappa shape index (κ3) is 5.53. The molecule has 1 saturated heterocycles. The van der Waals surface area contributed by atoms with E-state index in [-0.39, 0.29) is 24.2 Å². The second-order valence-corrected chi connectivity index (χ2v) is 5.37. The third-order valence-corrected chi connectivity index (χ3v) is 3.66. The van der Waals surface area contributed by atoms with Gasteiger partial charge in [-0.15, -0.1) is 12.4 Å². The van der Waals surface area contributed by atoms with Gasteiger partial charge >= 0.3 is 5.97 Å². The molecule has 1 aliphatic heterocycles. The number of rotatable bonds is 5. The molecule has 0 radical (unpaired) electrons. The summed E-state index contributed by atoms with van der Waals surface area (Å²) >= 11 is 5.77. The van der Waals surface area contributed by atoms with E-state index in [1.54, 1.807) is 24.3 Å². The highest BCUT2D eigenvalue weighted by atomic mass is 35.5. The number of carbonyl (C=O) groups excluding carboxylic acids is 1. The van der Waals surface area contributed by atoms with Crippen molar-refractivity contribution in [1.29, 1.82) is 0 Å². The molecular weight excluding hydrogens is 315 g/mol. The van der Waals surface area contributed by atoms with Crippen molar-refractivity contribution in [2.75, 3.05) is 25.0 Å². The zero-order valence-corrected chi connectivity index (χ0v) is 13.0. The Balaban J connectivity index is 0.00000220. The highest BCUT2D eigenvalue weighted by Crippen LogP contribution is 2.17. The molecule has 116 valence electrons. The molecule has 1 aliphatic rings. The van der Waals surface area contributed by atoms with Crippen molar-refractivity contribution in [3.63, 3.8) is 0 Å². The van der Waals surface area contributed by atoms with Crippen LogP contribution >= 0.6 is 24.0 Å². The number of aliphatic carboxylic acids is 1. The SMILES string of the molecule is Cl.O=C(CCN1CCC(C(=O)O)C1)Nc1ccc(Cl)cc1. The van der Waals surface area contributed by atoms with Crippen LogP contribution in [0.2, 0.25) is 5.02 Å². The minimum absolute atomic E-state index is 0. The van der Waals surface area contributed by atoms with Crippen LogP contribution in [-0.4, -0.2) is 41.5 Å². The normalized spacial score (nSPS) is 18.0. The molecule has 2 N–H and O–H groups in total. The van der Waals surface area contributed by atoms with Crippen molar-refractivity contribution in [1.82, 2.24) is 4.90 Å². The third-order valence-electron chi connectivity index (χ3n) is 3.40. The van der Waals surface area contributed by atoms with Crippen molar-refractivity contribution < 1.29 is 14.7 Å². The monoisotopic (exact) mass is 332 g/mol. The van der Waals surface area contributed by atoms with Crippen molar-refractivity contribution in [2.45, 2.75) is 12.8 Å². The van der Waals surface area contributed by atoms with E-state index in [2.05, 4.69) is 5.32 Å². The summed E-state index contributed by atoms with van der Waals surface area (Å²) in [6.45, 7) is 1.86. The highest BCUT2D eigenvalue weighted by Gasteiger charge is 2.27. The fourth-order valence-corrected chi connectivity index (χ4v) is 2.38. The number of hydrogen-bond donors (Lipinski definition) is 2. The first-order valence-electron chi connectivity index (χ1n) is 6.55. The molecule has 5 nitrogen and oxygen atoms in total. The second kappa shape index (κ2) is 8.22. The van der Waals surface area contributed by atoms with Crippen molar-refractivity contribution >= 4 is 41.6 Å². The van der Waals surface area contributed by atoms with Crippen molar-refractivity contribution in [3.05, 3.63) is 29.3 Å². The molecule has 0 saturated carbocycles. The van der Waals surface area contributed by atoms with E-state index in [0.717, 1.165) is 6.54 Å². The Hall–Kier alpha value is -1.30. The number of amides is 1. The molecule has 1 unspecified atom stereocenters. The number of anilines is 1. The van der Waals surface area contributed by atoms with Gasteiger partial charge in [0.1, 0.15) is 0 Å². The largest absolute Gasteiger partial charge is 0.481 e. The summed E-state index contributed by atoms with van der Waals surface area (Å²) in [5.41, 5.74) is 0.712. The molecule has 0 bridgehead atoms. The molecule has 1 aromatic rings. The van der Waals surface area contributed by atoms with Gasteiger partial charge in [-0.25, -0.2) is 0 Å². The van der Waals surface area contributed by atoms with Gasteiger partial charge in [-0.1, -0.05) is 11.6 Å². The van der Waals surface area contributed by atoms with Crippen LogP contribution in [0.4, 0.5) is 5.69 Å². The number of hydrogen-bond acceptors (Lipinski definition) is 3. The average molecular weight is 333 g/mol. The summed E-state index contributed by atoms with van der Waals surface area (Å²) in [5, 5.41) is 12.3. The number of carboxylic acids is 1. The topological polar surface area (TPSA) is 69.6 Å². The number of nitrogens with one attached hydrogen (secondary N) is 1. The summed E-state index contributed by atoms with van der Waals surface area (Å²) in [4.78, 5) is 24.6. The molecule has 21 heavy (non-hydrogen) atoms. The minimum atomic E-state index is -0.752. The molecule has 7 heteroatoms. The van der Waals surface area contributed by atoms with Crippen LogP contribution < -0.4 is 5.32 Å². The number of benzene rings is 1. The Morgan fingerprint density at radius 1 is 1.33 bits per heavy atom. The summed E-state index contributed by atoms with van der Waals surface area (Å²) in [7, 11) is 0. The summed E-state index contributed by atoms with van der Waals surface area (Å²) in [5.74, 6) is -1.13. The Bertz CT molecular complexity index is 493. The Morgan fingerprint density at radius 3 is 2.57 bits per heavy atom. The summed E-state index contributed by atoms with van der Waals surface area (Å²) in [6, 6.07) is 6.93. The molecule has 0 aromatic heterocycles. The van der Waals surface area contributed by atoms with Gasteiger partial charge in [0.2, 0.25) is 5.91 Å². The van der Waals surface area contributed by atoms with Gasteiger partial charge in [0.15, 0.2) is 0 Å². The van der Waals surface area contributed by atoms with Gasteiger partial charge in [0.05, 0.1) is 5.92 Å². The summed E-state index contributed by atoms with van der Waals surface area (Å²) in [6.07, 6.45) is 1.02. The molecule has 0 aliphatic carbocycles. The first-order valence-corrected chi connectivity index (χ1v) is 6.93. The van der Waals surface area contributed by atoms with E-state index in [1.165, 1.54) is 0 Å². The fraction of sp³-hybridized carbons (Fsp3) is 0.429. The van der Waals surface area contributed by atoms with Gasteiger partial charge < -0.3 is 15.3 Å². The smallest absolute Gasteiger partial charge is 0.307 e. The Kier molecular flexibility index (Phi) is 6.95. The van der Waals surface area contributed by atoms with Crippen LogP contribution in [0.1, 0.15) is 12.8 Å². The Morgan fingerprint density at radius 2 is 2.00 bits per heavy atom. The molecule has 1 atom stereocenters. The molecule has 1 amide bonds. The van der Waals surface area contributed by atoms with Crippen LogP contribution in [0.5, 0.6) is 0 Å². The summed E-state index contributed by atoms with van der Waals surface area (Å²) < 4.78 is 0. The molecule has 1 fully saturated rings. The van der Waals surface area contributed by atoms with E-state index in [1.807, 2.05) is 4.90 Å². The van der Waals surface area contributed by atoms with Gasteiger partial charge in [-0.2, -0.15) is 0 Å². The lowest BCUT2D eigenvalue weighted by Crippen LogP contribution is -2.27. The lowest BCUT2D eigenvalue weighted by Gasteiger charge is -2.14. The van der Waals surface area contributed by atoms with E-state index >= 15 is 0 Å². The van der Waals surface area contributed by atoms with Crippen LogP contribution in [0.15, 0.2) is 24.3 Å². The van der Waals surface area contributed by atoms with E-state index in [0.29, 0.717) is 36.6 Å². The maximum atomic E-state index is 11.8. The van der Waals surface area contributed by atoms with Gasteiger partial charge in [-0.05, 0) is 37.2 Å². The number of nitrogens with zero attached hydrogens (tertiary/aromatic N) is 1. The van der Waals surface area contributed by atoms with Crippen LogP contribution in [0.3, 0.4) is 0 Å². The van der Waals surface area contributed by atoms with E-state index in [9.17, 15) is 9.59 Å². The van der Waals surface area contributed by atoms with E-state index < -0.39 is 5.97 Å². The number of likely N-dealkylation sites (tertiary alicyclic amines) is 1. The van der Waals surface area contributed by atoms with Gasteiger partial charge in [0, 0.05) is 30.2 Å². The number of carboxylic acid groups (broad SMARTS) is 1. The molecular formula is C14H18Cl2N2O3. The average Bonchev–Trinajstić information content (AvgIpc) is 2.88. The van der Waals surface area contributed by atoms with Crippen LogP contribution in [0.25, 0.3) is 0 Å². The maximum absolute atomic E-state index is 11.8.